The Morgan fingerprint density at radius 3 is 2.44 bits per heavy atom. The van der Waals surface area contributed by atoms with Crippen LogP contribution in [-0.4, -0.2) is 37.0 Å². The predicted octanol–water partition coefficient (Wildman–Crippen LogP) is 2.72. The standard InChI is InChI=1S/C20H24N2O4S/c1-3-15(16-8-5-4-6-9-16)12-21-19(24)14(2)26-18(23)13-22-20(25)17-10-7-11-27-17/h4-11,14-15H,3,12-13H2,1-2H3,(H,21,24)(H,22,25)/t14-,15-/m0/s1. The van der Waals surface area contributed by atoms with Crippen LogP contribution < -0.4 is 10.6 Å². The molecule has 0 unspecified atom stereocenters. The Balaban J connectivity index is 1.74. The summed E-state index contributed by atoms with van der Waals surface area (Å²) in [4.78, 5) is 36.3. The summed E-state index contributed by atoms with van der Waals surface area (Å²) in [5, 5.41) is 7.07. The number of esters is 1. The van der Waals surface area contributed by atoms with Gasteiger partial charge in [0.05, 0.1) is 4.88 Å². The highest BCUT2D eigenvalue weighted by Gasteiger charge is 2.19. The van der Waals surface area contributed by atoms with Crippen LogP contribution in [0.15, 0.2) is 47.8 Å². The average molecular weight is 388 g/mol. The minimum Gasteiger partial charge on any atom is -0.451 e. The highest BCUT2D eigenvalue weighted by molar-refractivity contribution is 7.12. The molecule has 0 aliphatic carbocycles. The molecule has 144 valence electrons. The summed E-state index contributed by atoms with van der Waals surface area (Å²) < 4.78 is 5.09. The topological polar surface area (TPSA) is 84.5 Å². The third-order valence-corrected chi connectivity index (χ3v) is 4.97. The molecule has 2 N–H and O–H groups in total. The molecule has 0 fully saturated rings. The summed E-state index contributed by atoms with van der Waals surface area (Å²) in [5.41, 5.74) is 1.15. The Labute approximate surface area is 162 Å². The van der Waals surface area contributed by atoms with E-state index in [1.54, 1.807) is 17.5 Å². The quantitative estimate of drug-likeness (QED) is 0.647. The summed E-state index contributed by atoms with van der Waals surface area (Å²) in [5.74, 6) is -1.16. The predicted molar refractivity (Wildman–Crippen MR) is 105 cm³/mol. The Hall–Kier alpha value is -2.67. The van der Waals surface area contributed by atoms with E-state index in [4.69, 9.17) is 4.74 Å². The molecule has 2 rings (SSSR count). The number of carbonyl (C=O) groups is 3. The summed E-state index contributed by atoms with van der Waals surface area (Å²) in [6, 6.07) is 13.4. The second-order valence-corrected chi connectivity index (χ2v) is 7.00. The van der Waals surface area contributed by atoms with Crippen LogP contribution in [0.1, 0.15) is 41.4 Å². The lowest BCUT2D eigenvalue weighted by molar-refractivity contribution is -0.153. The van der Waals surface area contributed by atoms with E-state index >= 15 is 0 Å². The molecule has 2 amide bonds. The normalized spacial score (nSPS) is 12.7. The number of carbonyl (C=O) groups excluding carboxylic acids is 3. The van der Waals surface area contributed by atoms with Crippen LogP contribution in [0.4, 0.5) is 0 Å². The molecule has 0 radical (unpaired) electrons. The van der Waals surface area contributed by atoms with E-state index in [1.807, 2.05) is 30.3 Å². The number of benzene rings is 1. The highest BCUT2D eigenvalue weighted by Crippen LogP contribution is 2.18. The van der Waals surface area contributed by atoms with Gasteiger partial charge in [-0.15, -0.1) is 11.3 Å². The van der Waals surface area contributed by atoms with E-state index in [2.05, 4.69) is 17.6 Å². The lowest BCUT2D eigenvalue weighted by Gasteiger charge is -2.18. The fourth-order valence-corrected chi connectivity index (χ4v) is 3.17. The molecule has 1 aromatic heterocycles. The minimum atomic E-state index is -0.926. The first-order chi connectivity index (χ1) is 13.0. The number of hydrogen-bond donors (Lipinski definition) is 2. The number of thiophene rings is 1. The van der Waals surface area contributed by atoms with Gasteiger partial charge in [0.2, 0.25) is 0 Å². The molecular formula is C20H24N2O4S. The van der Waals surface area contributed by atoms with Crippen molar-refractivity contribution in [3.63, 3.8) is 0 Å². The van der Waals surface area contributed by atoms with Crippen molar-refractivity contribution in [2.75, 3.05) is 13.1 Å². The maximum Gasteiger partial charge on any atom is 0.326 e. The molecule has 2 atom stereocenters. The molecule has 0 spiro atoms. The summed E-state index contributed by atoms with van der Waals surface area (Å²) in [6.45, 7) is 3.76. The van der Waals surface area contributed by atoms with Crippen molar-refractivity contribution in [3.8, 4) is 0 Å². The van der Waals surface area contributed by atoms with E-state index in [1.165, 1.54) is 18.3 Å². The Morgan fingerprint density at radius 2 is 1.81 bits per heavy atom. The molecule has 0 saturated heterocycles. The van der Waals surface area contributed by atoms with Crippen molar-refractivity contribution >= 4 is 29.1 Å². The van der Waals surface area contributed by atoms with Crippen LogP contribution in [0.25, 0.3) is 0 Å². The first-order valence-electron chi connectivity index (χ1n) is 8.85. The fraction of sp³-hybridized carbons (Fsp3) is 0.350. The molecule has 1 aromatic carbocycles. The zero-order chi connectivity index (χ0) is 19.6. The summed E-state index contributed by atoms with van der Waals surface area (Å²) in [7, 11) is 0. The van der Waals surface area contributed by atoms with Gasteiger partial charge in [-0.2, -0.15) is 0 Å². The van der Waals surface area contributed by atoms with E-state index in [0.29, 0.717) is 11.4 Å². The molecule has 2 aromatic rings. The van der Waals surface area contributed by atoms with Crippen LogP contribution in [0.2, 0.25) is 0 Å². The molecule has 6 nitrogen and oxygen atoms in total. The second-order valence-electron chi connectivity index (χ2n) is 6.05. The molecule has 0 aliphatic rings. The van der Waals surface area contributed by atoms with Crippen molar-refractivity contribution in [3.05, 3.63) is 58.3 Å². The zero-order valence-electron chi connectivity index (χ0n) is 15.4. The van der Waals surface area contributed by atoms with E-state index in [-0.39, 0.29) is 24.3 Å². The lowest BCUT2D eigenvalue weighted by Crippen LogP contribution is -2.40. The van der Waals surface area contributed by atoms with Gasteiger partial charge in [-0.1, -0.05) is 43.3 Å². The zero-order valence-corrected chi connectivity index (χ0v) is 16.3. The maximum atomic E-state index is 12.2. The molecule has 1 heterocycles. The van der Waals surface area contributed by atoms with Gasteiger partial charge < -0.3 is 15.4 Å². The van der Waals surface area contributed by atoms with Crippen molar-refractivity contribution in [2.45, 2.75) is 32.3 Å². The smallest absolute Gasteiger partial charge is 0.326 e. The van der Waals surface area contributed by atoms with E-state index < -0.39 is 12.1 Å². The molecule has 27 heavy (non-hydrogen) atoms. The Bertz CT molecular complexity index is 747. The highest BCUT2D eigenvalue weighted by atomic mass is 32.1. The van der Waals surface area contributed by atoms with Crippen LogP contribution in [-0.2, 0) is 14.3 Å². The van der Waals surface area contributed by atoms with Gasteiger partial charge in [0.25, 0.3) is 11.8 Å². The van der Waals surface area contributed by atoms with Crippen LogP contribution in [0.5, 0.6) is 0 Å². The van der Waals surface area contributed by atoms with Gasteiger partial charge in [-0.05, 0) is 30.4 Å². The number of nitrogens with one attached hydrogen (secondary N) is 2. The third-order valence-electron chi connectivity index (χ3n) is 4.10. The summed E-state index contributed by atoms with van der Waals surface area (Å²) >= 11 is 1.28. The lowest BCUT2D eigenvalue weighted by atomic mass is 9.96. The van der Waals surface area contributed by atoms with Crippen molar-refractivity contribution in [1.29, 1.82) is 0 Å². The van der Waals surface area contributed by atoms with Crippen molar-refractivity contribution in [2.24, 2.45) is 0 Å². The number of ether oxygens (including phenoxy) is 1. The van der Waals surface area contributed by atoms with Gasteiger partial charge in [0.15, 0.2) is 6.10 Å². The molecule has 0 saturated carbocycles. The van der Waals surface area contributed by atoms with Gasteiger partial charge in [0, 0.05) is 12.5 Å². The molecule has 0 aliphatic heterocycles. The first kappa shape index (κ1) is 20.6. The van der Waals surface area contributed by atoms with Crippen LogP contribution in [0.3, 0.4) is 0 Å². The van der Waals surface area contributed by atoms with E-state index in [9.17, 15) is 14.4 Å². The molecule has 0 bridgehead atoms. The second kappa shape index (κ2) is 10.5. The van der Waals surface area contributed by atoms with Gasteiger partial charge in [0.1, 0.15) is 6.54 Å². The monoisotopic (exact) mass is 388 g/mol. The average Bonchev–Trinajstić information content (AvgIpc) is 3.22. The van der Waals surface area contributed by atoms with Gasteiger partial charge in [-0.25, -0.2) is 0 Å². The first-order valence-corrected chi connectivity index (χ1v) is 9.73. The SMILES string of the molecule is CC[C@@H](CNC(=O)[C@H](C)OC(=O)CNC(=O)c1cccs1)c1ccccc1. The summed E-state index contributed by atoms with van der Waals surface area (Å²) in [6.07, 6.45) is -0.0443. The largest absolute Gasteiger partial charge is 0.451 e. The minimum absolute atomic E-state index is 0.197. The van der Waals surface area contributed by atoms with E-state index in [0.717, 1.165) is 12.0 Å². The Kier molecular flexibility index (Phi) is 8.00. The molecule has 7 heteroatoms. The maximum absolute atomic E-state index is 12.2. The Morgan fingerprint density at radius 1 is 1.07 bits per heavy atom. The van der Waals surface area contributed by atoms with Gasteiger partial charge in [-0.3, -0.25) is 14.4 Å². The van der Waals surface area contributed by atoms with Gasteiger partial charge >= 0.3 is 5.97 Å². The number of hydrogen-bond acceptors (Lipinski definition) is 5. The molecular weight excluding hydrogens is 364 g/mol. The van der Waals surface area contributed by atoms with Crippen molar-refractivity contribution < 1.29 is 19.1 Å². The third kappa shape index (κ3) is 6.53. The number of rotatable bonds is 9. The number of amides is 2. The van der Waals surface area contributed by atoms with Crippen LogP contribution >= 0.6 is 11.3 Å². The van der Waals surface area contributed by atoms with Crippen molar-refractivity contribution in [1.82, 2.24) is 10.6 Å². The fourth-order valence-electron chi connectivity index (χ4n) is 2.53. The van der Waals surface area contributed by atoms with Crippen LogP contribution in [0, 0.1) is 0 Å².